The largest absolute Gasteiger partial charge is 0.497 e. The third-order valence-electron chi connectivity index (χ3n) is 5.15. The Kier molecular flexibility index (Phi) is 6.34. The molecule has 0 bridgehead atoms. The molecule has 2 unspecified atom stereocenters. The standard InChI is InChI=1S/C22H23F2N3O2S/c1-14(19-12-16(23)7-10-20(19)24)30-22-26-25-21(15-5-8-17(28-2)9-6-15)27(22)13-18-4-3-11-29-18/h5-10,12,14,18H,3-4,11,13H2,1-2H3. The Morgan fingerprint density at radius 3 is 2.70 bits per heavy atom. The topological polar surface area (TPSA) is 49.2 Å². The molecule has 0 spiro atoms. The van der Waals surface area contributed by atoms with Crippen molar-refractivity contribution in [2.24, 2.45) is 0 Å². The number of ether oxygens (including phenoxy) is 2. The number of thioether (sulfide) groups is 1. The number of halogens is 2. The van der Waals surface area contributed by atoms with Gasteiger partial charge in [0.05, 0.1) is 19.8 Å². The van der Waals surface area contributed by atoms with Gasteiger partial charge >= 0.3 is 0 Å². The molecule has 2 heterocycles. The number of nitrogens with zero attached hydrogens (tertiary/aromatic N) is 3. The molecule has 1 fully saturated rings. The van der Waals surface area contributed by atoms with Crippen LogP contribution in [0.1, 0.15) is 30.6 Å². The highest BCUT2D eigenvalue weighted by Crippen LogP contribution is 2.37. The summed E-state index contributed by atoms with van der Waals surface area (Å²) in [7, 11) is 1.62. The minimum Gasteiger partial charge on any atom is -0.497 e. The van der Waals surface area contributed by atoms with E-state index in [1.807, 2.05) is 35.8 Å². The van der Waals surface area contributed by atoms with Crippen molar-refractivity contribution in [3.63, 3.8) is 0 Å². The molecular weight excluding hydrogens is 408 g/mol. The lowest BCUT2D eigenvalue weighted by molar-refractivity contribution is 0.0953. The molecule has 3 aromatic rings. The minimum absolute atomic E-state index is 0.0820. The Hall–Kier alpha value is -2.45. The number of benzene rings is 2. The molecule has 0 radical (unpaired) electrons. The quantitative estimate of drug-likeness (QED) is 0.478. The first-order valence-corrected chi connectivity index (χ1v) is 10.7. The molecule has 2 atom stereocenters. The first-order chi connectivity index (χ1) is 14.5. The summed E-state index contributed by atoms with van der Waals surface area (Å²) in [6, 6.07) is 11.1. The van der Waals surface area contributed by atoms with Crippen molar-refractivity contribution in [2.75, 3.05) is 13.7 Å². The molecule has 0 amide bonds. The van der Waals surface area contributed by atoms with Gasteiger partial charge in [-0.1, -0.05) is 11.8 Å². The van der Waals surface area contributed by atoms with Crippen molar-refractivity contribution in [1.82, 2.24) is 14.8 Å². The predicted octanol–water partition coefficient (Wildman–Crippen LogP) is 5.26. The molecule has 1 aliphatic heterocycles. The summed E-state index contributed by atoms with van der Waals surface area (Å²) in [5, 5.41) is 9.08. The maximum Gasteiger partial charge on any atom is 0.192 e. The van der Waals surface area contributed by atoms with Gasteiger partial charge < -0.3 is 9.47 Å². The maximum atomic E-state index is 14.2. The Labute approximate surface area is 178 Å². The molecule has 1 aliphatic rings. The predicted molar refractivity (Wildman–Crippen MR) is 112 cm³/mol. The normalized spacial score (nSPS) is 17.3. The minimum atomic E-state index is -0.460. The van der Waals surface area contributed by atoms with Gasteiger partial charge in [-0.25, -0.2) is 8.78 Å². The van der Waals surface area contributed by atoms with Crippen LogP contribution in [-0.4, -0.2) is 34.6 Å². The van der Waals surface area contributed by atoms with Crippen LogP contribution in [0, 0.1) is 11.6 Å². The molecule has 0 N–H and O–H groups in total. The van der Waals surface area contributed by atoms with Crippen LogP contribution in [0.3, 0.4) is 0 Å². The van der Waals surface area contributed by atoms with E-state index in [9.17, 15) is 8.78 Å². The van der Waals surface area contributed by atoms with Gasteiger partial charge in [-0.3, -0.25) is 4.57 Å². The van der Waals surface area contributed by atoms with E-state index in [1.54, 1.807) is 7.11 Å². The van der Waals surface area contributed by atoms with Gasteiger partial charge in [0.25, 0.3) is 0 Å². The molecule has 0 saturated carbocycles. The summed E-state index contributed by atoms with van der Waals surface area (Å²) in [6.45, 7) is 3.19. The van der Waals surface area contributed by atoms with Crippen LogP contribution < -0.4 is 4.74 Å². The zero-order chi connectivity index (χ0) is 21.1. The second-order valence-electron chi connectivity index (χ2n) is 7.21. The van der Waals surface area contributed by atoms with Crippen molar-refractivity contribution in [3.8, 4) is 17.1 Å². The molecule has 1 aromatic heterocycles. The monoisotopic (exact) mass is 431 g/mol. The summed E-state index contributed by atoms with van der Waals surface area (Å²) in [6.07, 6.45) is 2.08. The van der Waals surface area contributed by atoms with Gasteiger partial charge in [-0.2, -0.15) is 0 Å². The lowest BCUT2D eigenvalue weighted by Gasteiger charge is -2.17. The van der Waals surface area contributed by atoms with E-state index in [0.717, 1.165) is 42.9 Å². The van der Waals surface area contributed by atoms with Crippen LogP contribution in [0.2, 0.25) is 0 Å². The molecule has 8 heteroatoms. The average molecular weight is 432 g/mol. The fourth-order valence-corrected chi connectivity index (χ4v) is 4.53. The van der Waals surface area contributed by atoms with E-state index in [-0.39, 0.29) is 11.4 Å². The number of methoxy groups -OCH3 is 1. The second-order valence-corrected chi connectivity index (χ2v) is 8.51. The van der Waals surface area contributed by atoms with Gasteiger partial charge in [-0.15, -0.1) is 10.2 Å². The van der Waals surface area contributed by atoms with Gasteiger partial charge in [0.15, 0.2) is 11.0 Å². The first kappa shape index (κ1) is 20.8. The average Bonchev–Trinajstić information content (AvgIpc) is 3.41. The summed E-state index contributed by atoms with van der Waals surface area (Å²) in [4.78, 5) is 0. The summed E-state index contributed by atoms with van der Waals surface area (Å²) >= 11 is 1.36. The SMILES string of the molecule is COc1ccc(-c2nnc(SC(C)c3cc(F)ccc3F)n2CC2CCCO2)cc1. The highest BCUT2D eigenvalue weighted by Gasteiger charge is 2.24. The summed E-state index contributed by atoms with van der Waals surface area (Å²) in [5.74, 6) is 0.576. The lowest BCUT2D eigenvalue weighted by atomic mass is 10.1. The molecule has 2 aromatic carbocycles. The van der Waals surface area contributed by atoms with Crippen molar-refractivity contribution in [2.45, 2.75) is 42.8 Å². The van der Waals surface area contributed by atoms with Crippen LogP contribution >= 0.6 is 11.8 Å². The second kappa shape index (κ2) is 9.14. The van der Waals surface area contributed by atoms with Crippen molar-refractivity contribution < 1.29 is 18.3 Å². The first-order valence-electron chi connectivity index (χ1n) is 9.86. The molecule has 4 rings (SSSR count). The van der Waals surface area contributed by atoms with Gasteiger partial charge in [0.2, 0.25) is 0 Å². The van der Waals surface area contributed by atoms with Crippen molar-refractivity contribution in [1.29, 1.82) is 0 Å². The zero-order valence-corrected chi connectivity index (χ0v) is 17.7. The van der Waals surface area contributed by atoms with E-state index in [4.69, 9.17) is 9.47 Å². The van der Waals surface area contributed by atoms with E-state index in [0.29, 0.717) is 23.1 Å². The zero-order valence-electron chi connectivity index (χ0n) is 16.8. The number of rotatable bonds is 7. The molecule has 5 nitrogen and oxygen atoms in total. The summed E-state index contributed by atoms with van der Waals surface area (Å²) < 4.78 is 41.0. The van der Waals surface area contributed by atoms with E-state index in [2.05, 4.69) is 10.2 Å². The maximum absolute atomic E-state index is 14.2. The van der Waals surface area contributed by atoms with Gasteiger partial charge in [0, 0.05) is 23.0 Å². The molecule has 1 saturated heterocycles. The van der Waals surface area contributed by atoms with Crippen LogP contribution in [0.5, 0.6) is 5.75 Å². The van der Waals surface area contributed by atoms with Crippen molar-refractivity contribution in [3.05, 3.63) is 59.7 Å². The lowest BCUT2D eigenvalue weighted by Crippen LogP contribution is -2.17. The molecule has 0 aliphatic carbocycles. The number of hydrogen-bond donors (Lipinski definition) is 0. The fraction of sp³-hybridized carbons (Fsp3) is 0.364. The van der Waals surface area contributed by atoms with Crippen LogP contribution in [0.25, 0.3) is 11.4 Å². The Balaban J connectivity index is 1.66. The van der Waals surface area contributed by atoms with Crippen LogP contribution in [0.15, 0.2) is 47.6 Å². The molecular formula is C22H23F2N3O2S. The van der Waals surface area contributed by atoms with Crippen LogP contribution in [-0.2, 0) is 11.3 Å². The van der Waals surface area contributed by atoms with E-state index >= 15 is 0 Å². The Morgan fingerprint density at radius 1 is 1.20 bits per heavy atom. The Morgan fingerprint density at radius 2 is 2.00 bits per heavy atom. The number of hydrogen-bond acceptors (Lipinski definition) is 5. The Bertz CT molecular complexity index is 1000. The third kappa shape index (κ3) is 4.49. The van der Waals surface area contributed by atoms with Crippen molar-refractivity contribution >= 4 is 11.8 Å². The van der Waals surface area contributed by atoms with Gasteiger partial charge in [-0.05, 0) is 62.2 Å². The molecule has 30 heavy (non-hydrogen) atoms. The number of aromatic nitrogens is 3. The molecule has 158 valence electrons. The highest BCUT2D eigenvalue weighted by molar-refractivity contribution is 7.99. The van der Waals surface area contributed by atoms with E-state index < -0.39 is 11.6 Å². The third-order valence-corrected chi connectivity index (χ3v) is 6.27. The highest BCUT2D eigenvalue weighted by atomic mass is 32.2. The van der Waals surface area contributed by atoms with E-state index in [1.165, 1.54) is 17.8 Å². The van der Waals surface area contributed by atoms with Crippen LogP contribution in [0.4, 0.5) is 8.78 Å². The van der Waals surface area contributed by atoms with Gasteiger partial charge in [0.1, 0.15) is 17.4 Å². The summed E-state index contributed by atoms with van der Waals surface area (Å²) in [5.41, 5.74) is 1.20. The fourth-order valence-electron chi connectivity index (χ4n) is 3.53. The smallest absolute Gasteiger partial charge is 0.192 e.